The van der Waals surface area contributed by atoms with E-state index in [-0.39, 0.29) is 18.5 Å². The molecule has 6 nitrogen and oxygen atoms in total. The minimum absolute atomic E-state index is 0.00460. The highest BCUT2D eigenvalue weighted by Crippen LogP contribution is 2.17. The van der Waals surface area contributed by atoms with E-state index in [4.69, 9.17) is 4.74 Å². The standard InChI is InChI=1S/C66H123NO5/c1-3-5-7-9-11-13-15-17-18-19-25-28-31-35-38-42-46-50-54-58-64(69)63(62-68)67-65(70)59-55-51-47-43-39-36-32-29-26-23-21-20-22-24-27-30-33-37-41-45-49-53-57-61-72-66(71)60-56-52-48-44-40-34-16-14-12-10-8-6-4-2/h8,10,14,16,23,26,54,58,63-64,68-69H,3-7,9,11-13,15,17-22,24-25,27-53,55-57,59-62H2,1-2H3,(H,67,70)/b10-8-,16-14-,26-23-,58-54+. The van der Waals surface area contributed by atoms with E-state index in [1.165, 1.54) is 250 Å². The molecule has 422 valence electrons. The maximum absolute atomic E-state index is 12.5. The highest BCUT2D eigenvalue weighted by Gasteiger charge is 2.18. The van der Waals surface area contributed by atoms with Crippen LogP contribution in [0.1, 0.15) is 335 Å². The molecule has 0 saturated carbocycles. The Kier molecular flexibility index (Phi) is 59.5. The molecule has 0 spiro atoms. The summed E-state index contributed by atoms with van der Waals surface area (Å²) < 4.78 is 5.47. The number of hydrogen-bond acceptors (Lipinski definition) is 5. The Morgan fingerprint density at radius 2 is 0.722 bits per heavy atom. The minimum atomic E-state index is -0.850. The van der Waals surface area contributed by atoms with Crippen LogP contribution in [0.4, 0.5) is 0 Å². The number of aliphatic hydroxyl groups is 2. The SMILES string of the molecule is CCC/C=C\C/C=C\CCCCCCCC(=O)OCCCCCCCCCCCCCC/C=C\CCCCCCCCCC(=O)NC(CO)C(O)/C=C/CCCCCCCCCCCCCCCCCCC. The number of unbranched alkanes of at least 4 members (excludes halogenated alkanes) is 42. The van der Waals surface area contributed by atoms with Crippen LogP contribution in [-0.2, 0) is 14.3 Å². The van der Waals surface area contributed by atoms with E-state index in [1.54, 1.807) is 6.08 Å². The summed E-state index contributed by atoms with van der Waals surface area (Å²) >= 11 is 0. The molecular weight excluding hydrogens is 887 g/mol. The molecule has 0 aliphatic carbocycles. The summed E-state index contributed by atoms with van der Waals surface area (Å²) in [6.07, 6.45) is 78.7. The Morgan fingerprint density at radius 1 is 0.389 bits per heavy atom. The second-order valence-electron chi connectivity index (χ2n) is 21.7. The number of carbonyl (C=O) groups is 2. The fourth-order valence-corrected chi connectivity index (χ4v) is 9.67. The first kappa shape index (κ1) is 69.8. The third kappa shape index (κ3) is 57.1. The molecule has 2 atom stereocenters. The minimum Gasteiger partial charge on any atom is -0.466 e. The average molecular weight is 1010 g/mol. The molecule has 0 aliphatic heterocycles. The van der Waals surface area contributed by atoms with Gasteiger partial charge in [0, 0.05) is 12.8 Å². The number of amides is 1. The van der Waals surface area contributed by atoms with Crippen molar-refractivity contribution in [3.63, 3.8) is 0 Å². The van der Waals surface area contributed by atoms with Gasteiger partial charge in [-0.3, -0.25) is 9.59 Å². The van der Waals surface area contributed by atoms with Crippen molar-refractivity contribution in [3.8, 4) is 0 Å². The van der Waals surface area contributed by atoms with Crippen LogP contribution in [0.15, 0.2) is 48.6 Å². The lowest BCUT2D eigenvalue weighted by atomic mass is 10.0. The van der Waals surface area contributed by atoms with Gasteiger partial charge in [0.25, 0.3) is 0 Å². The van der Waals surface area contributed by atoms with Gasteiger partial charge in [0.1, 0.15) is 0 Å². The number of carbonyl (C=O) groups excluding carboxylic acids is 2. The molecule has 0 radical (unpaired) electrons. The first-order valence-corrected chi connectivity index (χ1v) is 31.9. The third-order valence-electron chi connectivity index (χ3n) is 14.5. The smallest absolute Gasteiger partial charge is 0.305 e. The lowest BCUT2D eigenvalue weighted by Gasteiger charge is -2.20. The highest BCUT2D eigenvalue weighted by molar-refractivity contribution is 5.76. The van der Waals surface area contributed by atoms with E-state index in [9.17, 15) is 19.8 Å². The van der Waals surface area contributed by atoms with Crippen molar-refractivity contribution in [3.05, 3.63) is 48.6 Å². The Bertz CT molecular complexity index is 1210. The average Bonchev–Trinajstić information content (AvgIpc) is 3.38. The molecule has 0 aliphatic rings. The van der Waals surface area contributed by atoms with E-state index in [0.717, 1.165) is 57.8 Å². The van der Waals surface area contributed by atoms with Crippen LogP contribution in [0.5, 0.6) is 0 Å². The van der Waals surface area contributed by atoms with Gasteiger partial charge in [0.15, 0.2) is 0 Å². The number of rotatable bonds is 59. The predicted molar refractivity (Wildman–Crippen MR) is 315 cm³/mol. The van der Waals surface area contributed by atoms with Crippen LogP contribution in [0.3, 0.4) is 0 Å². The van der Waals surface area contributed by atoms with Gasteiger partial charge in [-0.25, -0.2) is 0 Å². The predicted octanol–water partition coefficient (Wildman–Crippen LogP) is 20.1. The van der Waals surface area contributed by atoms with Crippen LogP contribution in [0.2, 0.25) is 0 Å². The molecule has 0 fully saturated rings. The molecule has 0 heterocycles. The van der Waals surface area contributed by atoms with Gasteiger partial charge < -0.3 is 20.3 Å². The summed E-state index contributed by atoms with van der Waals surface area (Å²) in [7, 11) is 0. The van der Waals surface area contributed by atoms with E-state index >= 15 is 0 Å². The first-order valence-electron chi connectivity index (χ1n) is 31.9. The Hall–Kier alpha value is -2.18. The van der Waals surface area contributed by atoms with Gasteiger partial charge in [-0.1, -0.05) is 287 Å². The summed E-state index contributed by atoms with van der Waals surface area (Å²) in [5, 5.41) is 23.2. The molecule has 1 amide bonds. The quantitative estimate of drug-likeness (QED) is 0.0320. The van der Waals surface area contributed by atoms with E-state index in [0.29, 0.717) is 19.4 Å². The molecule has 2 unspecified atom stereocenters. The zero-order valence-corrected chi connectivity index (χ0v) is 48.2. The number of aliphatic hydroxyl groups excluding tert-OH is 2. The third-order valence-corrected chi connectivity index (χ3v) is 14.5. The molecule has 0 aromatic heterocycles. The van der Waals surface area contributed by atoms with Gasteiger partial charge in [-0.2, -0.15) is 0 Å². The molecule has 0 bridgehead atoms. The Labute approximate surface area is 448 Å². The van der Waals surface area contributed by atoms with Gasteiger partial charge in [0.05, 0.1) is 25.4 Å². The van der Waals surface area contributed by atoms with Crippen LogP contribution < -0.4 is 5.32 Å². The van der Waals surface area contributed by atoms with Crippen LogP contribution >= 0.6 is 0 Å². The monoisotopic (exact) mass is 1010 g/mol. The normalized spacial score (nSPS) is 12.9. The van der Waals surface area contributed by atoms with Gasteiger partial charge in [-0.15, -0.1) is 0 Å². The van der Waals surface area contributed by atoms with Crippen molar-refractivity contribution in [2.45, 2.75) is 347 Å². The number of allylic oxidation sites excluding steroid dienone is 7. The van der Waals surface area contributed by atoms with Crippen molar-refractivity contribution in [1.82, 2.24) is 5.32 Å². The van der Waals surface area contributed by atoms with E-state index < -0.39 is 12.1 Å². The molecule has 72 heavy (non-hydrogen) atoms. The fourth-order valence-electron chi connectivity index (χ4n) is 9.67. The number of ether oxygens (including phenoxy) is 1. The van der Waals surface area contributed by atoms with Gasteiger partial charge >= 0.3 is 5.97 Å². The second kappa shape index (κ2) is 61.4. The first-order chi connectivity index (χ1) is 35.5. The molecule has 0 rings (SSSR count). The van der Waals surface area contributed by atoms with Crippen molar-refractivity contribution in [1.29, 1.82) is 0 Å². The largest absolute Gasteiger partial charge is 0.466 e. The van der Waals surface area contributed by atoms with Crippen LogP contribution in [0, 0.1) is 0 Å². The van der Waals surface area contributed by atoms with Crippen molar-refractivity contribution in [2.75, 3.05) is 13.2 Å². The molecule has 0 saturated heterocycles. The maximum atomic E-state index is 12.5. The molecule has 0 aromatic carbocycles. The van der Waals surface area contributed by atoms with Crippen LogP contribution in [-0.4, -0.2) is 47.4 Å². The van der Waals surface area contributed by atoms with Gasteiger partial charge in [0.2, 0.25) is 5.91 Å². The summed E-state index contributed by atoms with van der Waals surface area (Å²) in [5.41, 5.74) is 0. The summed E-state index contributed by atoms with van der Waals surface area (Å²) in [6.45, 7) is 4.85. The molecule has 6 heteroatoms. The molecule has 0 aromatic rings. The fraction of sp³-hybridized carbons (Fsp3) is 0.848. The van der Waals surface area contributed by atoms with Crippen LogP contribution in [0.25, 0.3) is 0 Å². The lowest BCUT2D eigenvalue weighted by Crippen LogP contribution is -2.45. The van der Waals surface area contributed by atoms with Gasteiger partial charge in [-0.05, 0) is 83.5 Å². The van der Waals surface area contributed by atoms with E-state index in [1.807, 2.05) is 6.08 Å². The number of esters is 1. The zero-order chi connectivity index (χ0) is 52.2. The van der Waals surface area contributed by atoms with Crippen molar-refractivity contribution < 1.29 is 24.5 Å². The summed E-state index contributed by atoms with van der Waals surface area (Å²) in [4.78, 5) is 24.5. The number of hydrogen-bond donors (Lipinski definition) is 3. The number of nitrogens with one attached hydrogen (secondary N) is 1. The topological polar surface area (TPSA) is 95.9 Å². The Morgan fingerprint density at radius 3 is 1.12 bits per heavy atom. The lowest BCUT2D eigenvalue weighted by molar-refractivity contribution is -0.143. The second-order valence-corrected chi connectivity index (χ2v) is 21.7. The zero-order valence-electron chi connectivity index (χ0n) is 48.2. The summed E-state index contributed by atoms with van der Waals surface area (Å²) in [5.74, 6) is -0.0772. The van der Waals surface area contributed by atoms with E-state index in [2.05, 4.69) is 55.6 Å². The maximum Gasteiger partial charge on any atom is 0.305 e. The van der Waals surface area contributed by atoms with Crippen molar-refractivity contribution in [2.24, 2.45) is 0 Å². The Balaban J connectivity index is 3.45. The summed E-state index contributed by atoms with van der Waals surface area (Å²) in [6, 6.07) is -0.634. The highest BCUT2D eigenvalue weighted by atomic mass is 16.5. The molecular formula is C66H123NO5. The van der Waals surface area contributed by atoms with Crippen molar-refractivity contribution >= 4 is 11.9 Å². The molecule has 3 N–H and O–H groups in total.